The first-order valence-corrected chi connectivity index (χ1v) is 14.0. The van der Waals surface area contributed by atoms with Crippen LogP contribution in [0, 0.1) is 0 Å². The third-order valence-corrected chi connectivity index (χ3v) is 7.96. The van der Waals surface area contributed by atoms with Crippen LogP contribution >= 0.6 is 22.9 Å². The summed E-state index contributed by atoms with van der Waals surface area (Å²) in [6, 6.07) is 20.5. The number of methoxy groups -OCH3 is 1. The van der Waals surface area contributed by atoms with Gasteiger partial charge in [-0.3, -0.25) is 9.10 Å². The molecule has 0 radical (unpaired) electrons. The molecule has 0 aliphatic rings. The summed E-state index contributed by atoms with van der Waals surface area (Å²) >= 11 is 7.52. The van der Waals surface area contributed by atoms with Crippen LogP contribution in [0.15, 0.2) is 72.8 Å². The maximum atomic E-state index is 12.4. The first-order chi connectivity index (χ1) is 17.6. The van der Waals surface area contributed by atoms with E-state index >= 15 is 0 Å². The number of hydrogen-bond acceptors (Lipinski definition) is 7. The van der Waals surface area contributed by atoms with E-state index in [2.05, 4.69) is 5.32 Å². The Kier molecular flexibility index (Phi) is 8.01. The lowest BCUT2D eigenvalue weighted by Crippen LogP contribution is -2.29. The quantitative estimate of drug-likeness (QED) is 0.279. The standard InChI is InChI=1S/C26H23ClN2O6S2/c1-34-26(31)24-14-18-13-19(7-12-23(18)36-24)28-25(30)16-35-21-10-8-20(9-11-21)29(37(2,32)33)15-17-5-3-4-6-22(17)27/h3-14H,15-16H2,1-2H3,(H,28,30). The highest BCUT2D eigenvalue weighted by atomic mass is 35.5. The van der Waals surface area contributed by atoms with E-state index < -0.39 is 16.0 Å². The number of carbonyl (C=O) groups excluding carboxylic acids is 2. The van der Waals surface area contributed by atoms with Gasteiger partial charge < -0.3 is 14.8 Å². The number of thiophene rings is 1. The SMILES string of the molecule is COC(=O)c1cc2cc(NC(=O)COc3ccc(N(Cc4ccccc4Cl)S(C)(=O)=O)cc3)ccc2s1. The van der Waals surface area contributed by atoms with Crippen LogP contribution < -0.4 is 14.4 Å². The highest BCUT2D eigenvalue weighted by molar-refractivity contribution is 7.92. The third-order valence-electron chi connectivity index (χ3n) is 5.35. The van der Waals surface area contributed by atoms with Gasteiger partial charge >= 0.3 is 5.97 Å². The van der Waals surface area contributed by atoms with Crippen LogP contribution in [0.2, 0.25) is 5.02 Å². The van der Waals surface area contributed by atoms with Gasteiger partial charge in [-0.1, -0.05) is 29.8 Å². The van der Waals surface area contributed by atoms with Gasteiger partial charge in [-0.05, 0) is 65.5 Å². The monoisotopic (exact) mass is 558 g/mol. The van der Waals surface area contributed by atoms with Crippen LogP contribution in [-0.4, -0.2) is 40.3 Å². The molecule has 0 bridgehead atoms. The number of anilines is 2. The molecule has 1 amide bonds. The van der Waals surface area contributed by atoms with Gasteiger partial charge in [0.15, 0.2) is 6.61 Å². The van der Waals surface area contributed by atoms with E-state index in [0.29, 0.717) is 32.6 Å². The highest BCUT2D eigenvalue weighted by Crippen LogP contribution is 2.29. The van der Waals surface area contributed by atoms with E-state index in [4.69, 9.17) is 21.1 Å². The van der Waals surface area contributed by atoms with Crippen LogP contribution in [-0.2, 0) is 26.1 Å². The number of amides is 1. The predicted molar refractivity (Wildman–Crippen MR) is 146 cm³/mol. The van der Waals surface area contributed by atoms with Gasteiger partial charge in [0.05, 0.1) is 25.6 Å². The Hall–Kier alpha value is -3.60. The number of sulfonamides is 1. The molecule has 1 heterocycles. The number of benzene rings is 3. The summed E-state index contributed by atoms with van der Waals surface area (Å²) < 4.78 is 37.3. The van der Waals surface area contributed by atoms with Crippen molar-refractivity contribution in [3.63, 3.8) is 0 Å². The Bertz CT molecular complexity index is 1550. The van der Waals surface area contributed by atoms with E-state index in [-0.39, 0.29) is 19.1 Å². The second kappa shape index (κ2) is 11.2. The summed E-state index contributed by atoms with van der Waals surface area (Å²) in [4.78, 5) is 24.6. The molecule has 37 heavy (non-hydrogen) atoms. The van der Waals surface area contributed by atoms with Gasteiger partial charge in [0.1, 0.15) is 10.6 Å². The number of hydrogen-bond donors (Lipinski definition) is 1. The molecule has 0 aliphatic carbocycles. The first kappa shape index (κ1) is 26.5. The molecule has 3 aromatic carbocycles. The average Bonchev–Trinajstić information content (AvgIpc) is 3.30. The number of nitrogens with one attached hydrogen (secondary N) is 1. The molecule has 4 rings (SSSR count). The van der Waals surface area contributed by atoms with Gasteiger partial charge in [-0.2, -0.15) is 0 Å². The minimum absolute atomic E-state index is 0.0801. The van der Waals surface area contributed by atoms with Crippen LogP contribution in [0.4, 0.5) is 11.4 Å². The molecule has 0 fully saturated rings. The van der Waals surface area contributed by atoms with E-state index in [1.54, 1.807) is 66.7 Å². The molecule has 0 spiro atoms. The number of carbonyl (C=O) groups is 2. The maximum Gasteiger partial charge on any atom is 0.348 e. The van der Waals surface area contributed by atoms with Crippen molar-refractivity contribution in [3.05, 3.63) is 88.3 Å². The third kappa shape index (κ3) is 6.59. The average molecular weight is 559 g/mol. The Balaban J connectivity index is 1.38. The topological polar surface area (TPSA) is 102 Å². The fourth-order valence-corrected chi connectivity index (χ4v) is 5.59. The zero-order valence-electron chi connectivity index (χ0n) is 19.9. The van der Waals surface area contributed by atoms with Crippen molar-refractivity contribution in [2.24, 2.45) is 0 Å². The van der Waals surface area contributed by atoms with E-state index in [9.17, 15) is 18.0 Å². The van der Waals surface area contributed by atoms with Crippen LogP contribution in [0.1, 0.15) is 15.2 Å². The van der Waals surface area contributed by atoms with E-state index in [1.807, 2.05) is 6.07 Å². The molecule has 4 aromatic rings. The maximum absolute atomic E-state index is 12.4. The summed E-state index contributed by atoms with van der Waals surface area (Å²) in [5.74, 6) is -0.376. The van der Waals surface area contributed by atoms with Crippen molar-refractivity contribution in [2.75, 3.05) is 29.6 Å². The van der Waals surface area contributed by atoms with Crippen molar-refractivity contribution in [2.45, 2.75) is 6.54 Å². The lowest BCUT2D eigenvalue weighted by molar-refractivity contribution is -0.118. The minimum atomic E-state index is -3.58. The van der Waals surface area contributed by atoms with Crippen molar-refractivity contribution in [1.29, 1.82) is 0 Å². The molecule has 192 valence electrons. The first-order valence-electron chi connectivity index (χ1n) is 11.0. The molecule has 0 unspecified atom stereocenters. The van der Waals surface area contributed by atoms with E-state index in [0.717, 1.165) is 16.3 Å². The molecule has 0 aliphatic heterocycles. The summed E-state index contributed by atoms with van der Waals surface area (Å²) in [5, 5.41) is 4.05. The van der Waals surface area contributed by atoms with E-state index in [1.165, 1.54) is 22.8 Å². The molecule has 0 saturated heterocycles. The van der Waals surface area contributed by atoms with Gasteiger partial charge in [0.2, 0.25) is 10.0 Å². The summed E-state index contributed by atoms with van der Waals surface area (Å²) in [5.41, 5.74) is 1.68. The molecule has 0 atom stereocenters. The fraction of sp³-hybridized carbons (Fsp3) is 0.154. The van der Waals surface area contributed by atoms with Gasteiger partial charge in [-0.15, -0.1) is 11.3 Å². The predicted octanol–water partition coefficient (Wildman–Crippen LogP) is 5.33. The van der Waals surface area contributed by atoms with Crippen LogP contribution in [0.5, 0.6) is 5.75 Å². The largest absolute Gasteiger partial charge is 0.484 e. The lowest BCUT2D eigenvalue weighted by atomic mass is 10.2. The molecule has 11 heteroatoms. The zero-order valence-corrected chi connectivity index (χ0v) is 22.3. The zero-order chi connectivity index (χ0) is 26.6. The molecule has 0 saturated carbocycles. The Morgan fingerprint density at radius 2 is 1.76 bits per heavy atom. The number of halogens is 1. The Morgan fingerprint density at radius 3 is 2.43 bits per heavy atom. The van der Waals surface area contributed by atoms with Gasteiger partial charge in [0, 0.05) is 15.4 Å². The van der Waals surface area contributed by atoms with Crippen molar-refractivity contribution >= 4 is 66.3 Å². The summed E-state index contributed by atoms with van der Waals surface area (Å²) in [6.07, 6.45) is 1.13. The Morgan fingerprint density at radius 1 is 1.03 bits per heavy atom. The lowest BCUT2D eigenvalue weighted by Gasteiger charge is -2.23. The molecule has 1 N–H and O–H groups in total. The van der Waals surface area contributed by atoms with Crippen molar-refractivity contribution in [3.8, 4) is 5.75 Å². The minimum Gasteiger partial charge on any atom is -0.484 e. The van der Waals surface area contributed by atoms with Crippen molar-refractivity contribution < 1.29 is 27.5 Å². The second-order valence-electron chi connectivity index (χ2n) is 8.05. The van der Waals surface area contributed by atoms with Crippen LogP contribution in [0.3, 0.4) is 0 Å². The molecular weight excluding hydrogens is 536 g/mol. The molecule has 1 aromatic heterocycles. The highest BCUT2D eigenvalue weighted by Gasteiger charge is 2.19. The number of ether oxygens (including phenoxy) is 2. The second-order valence-corrected chi connectivity index (χ2v) is 11.4. The van der Waals surface area contributed by atoms with Gasteiger partial charge in [0.25, 0.3) is 5.91 Å². The molecular formula is C26H23ClN2O6S2. The summed E-state index contributed by atoms with van der Waals surface area (Å²) in [6.45, 7) is -0.166. The Labute approximate surface area is 223 Å². The number of nitrogens with zero attached hydrogens (tertiary/aromatic N) is 1. The number of esters is 1. The van der Waals surface area contributed by atoms with Crippen LogP contribution in [0.25, 0.3) is 10.1 Å². The summed E-state index contributed by atoms with van der Waals surface area (Å²) in [7, 11) is -2.25. The number of fused-ring (bicyclic) bond motifs is 1. The number of rotatable bonds is 9. The fourth-order valence-electron chi connectivity index (χ4n) is 3.56. The normalized spacial score (nSPS) is 11.2. The molecule has 8 nitrogen and oxygen atoms in total. The van der Waals surface area contributed by atoms with Crippen molar-refractivity contribution in [1.82, 2.24) is 0 Å². The smallest absolute Gasteiger partial charge is 0.348 e. The van der Waals surface area contributed by atoms with Gasteiger partial charge in [-0.25, -0.2) is 13.2 Å².